The van der Waals surface area contributed by atoms with Crippen molar-refractivity contribution in [1.82, 2.24) is 9.61 Å². The van der Waals surface area contributed by atoms with Gasteiger partial charge in [0.15, 0.2) is 0 Å². The Morgan fingerprint density at radius 2 is 2.00 bits per heavy atom. The Morgan fingerprint density at radius 1 is 1.23 bits per heavy atom. The summed E-state index contributed by atoms with van der Waals surface area (Å²) in [6.07, 6.45) is 3.71. The van der Waals surface area contributed by atoms with Gasteiger partial charge in [-0.25, -0.2) is 4.52 Å². The quantitative estimate of drug-likeness (QED) is 0.793. The maximum atomic E-state index is 5.47. The van der Waals surface area contributed by atoms with Gasteiger partial charge in [-0.15, -0.1) is 24.8 Å². The number of nitrogens with zero attached hydrogens (tertiary/aromatic N) is 2. The summed E-state index contributed by atoms with van der Waals surface area (Å²) < 4.78 is 1.82. The number of rotatable bonds is 1. The SMILES string of the molecule is Cl.Cl.NCc1ccc2ccnn2c1. The predicted molar refractivity (Wildman–Crippen MR) is 57.6 cm³/mol. The fourth-order valence-electron chi connectivity index (χ4n) is 1.08. The molecule has 0 fully saturated rings. The molecule has 0 bridgehead atoms. The van der Waals surface area contributed by atoms with Crippen LogP contribution < -0.4 is 5.73 Å². The first-order valence-electron chi connectivity index (χ1n) is 3.52. The van der Waals surface area contributed by atoms with E-state index >= 15 is 0 Å². The van der Waals surface area contributed by atoms with Crippen LogP contribution in [0.15, 0.2) is 30.6 Å². The van der Waals surface area contributed by atoms with E-state index in [4.69, 9.17) is 5.73 Å². The Hall–Kier alpha value is -0.770. The van der Waals surface area contributed by atoms with E-state index in [1.54, 1.807) is 6.20 Å². The second kappa shape index (κ2) is 5.07. The van der Waals surface area contributed by atoms with Crippen molar-refractivity contribution in [2.24, 2.45) is 5.73 Å². The number of nitrogens with two attached hydrogens (primary N) is 1. The molecule has 0 aliphatic rings. The number of hydrogen-bond acceptors (Lipinski definition) is 2. The van der Waals surface area contributed by atoms with Gasteiger partial charge in [0.2, 0.25) is 0 Å². The standard InChI is InChI=1S/C8H9N3.2ClH/c9-5-7-1-2-8-3-4-10-11(8)6-7;;/h1-4,6H,5,9H2;2*1H. The van der Waals surface area contributed by atoms with Gasteiger partial charge < -0.3 is 5.73 Å². The van der Waals surface area contributed by atoms with Crippen LogP contribution >= 0.6 is 24.8 Å². The molecule has 2 aromatic heterocycles. The van der Waals surface area contributed by atoms with Crippen LogP contribution in [-0.2, 0) is 6.54 Å². The third-order valence-electron chi connectivity index (χ3n) is 1.69. The van der Waals surface area contributed by atoms with E-state index in [2.05, 4.69) is 5.10 Å². The van der Waals surface area contributed by atoms with Crippen LogP contribution in [0.25, 0.3) is 5.52 Å². The van der Waals surface area contributed by atoms with Crippen molar-refractivity contribution in [3.8, 4) is 0 Å². The van der Waals surface area contributed by atoms with Gasteiger partial charge in [-0.3, -0.25) is 0 Å². The second-order valence-corrected chi connectivity index (χ2v) is 2.44. The van der Waals surface area contributed by atoms with E-state index in [-0.39, 0.29) is 24.8 Å². The molecule has 0 spiro atoms. The van der Waals surface area contributed by atoms with E-state index in [0.29, 0.717) is 6.54 Å². The third-order valence-corrected chi connectivity index (χ3v) is 1.69. The lowest BCUT2D eigenvalue weighted by Crippen LogP contribution is -1.98. The monoisotopic (exact) mass is 219 g/mol. The highest BCUT2D eigenvalue weighted by Crippen LogP contribution is 2.03. The van der Waals surface area contributed by atoms with Crippen molar-refractivity contribution < 1.29 is 0 Å². The highest BCUT2D eigenvalue weighted by molar-refractivity contribution is 5.85. The zero-order chi connectivity index (χ0) is 7.68. The van der Waals surface area contributed by atoms with E-state index in [0.717, 1.165) is 11.1 Å². The molecule has 5 heteroatoms. The van der Waals surface area contributed by atoms with Crippen molar-refractivity contribution in [2.45, 2.75) is 6.54 Å². The first kappa shape index (κ1) is 12.2. The molecule has 2 heterocycles. The molecule has 2 N–H and O–H groups in total. The summed E-state index contributed by atoms with van der Waals surface area (Å²) in [6, 6.07) is 5.98. The third kappa shape index (κ3) is 2.34. The highest BCUT2D eigenvalue weighted by atomic mass is 35.5. The normalized spacial score (nSPS) is 9.00. The molecule has 0 saturated carbocycles. The average Bonchev–Trinajstić information content (AvgIpc) is 2.50. The lowest BCUT2D eigenvalue weighted by Gasteiger charge is -1.96. The van der Waals surface area contributed by atoms with Gasteiger partial charge in [0.1, 0.15) is 0 Å². The smallest absolute Gasteiger partial charge is 0.0661 e. The lowest BCUT2D eigenvalue weighted by atomic mass is 10.3. The molecule has 2 rings (SSSR count). The van der Waals surface area contributed by atoms with Gasteiger partial charge in [0.05, 0.1) is 5.52 Å². The molecule has 13 heavy (non-hydrogen) atoms. The maximum absolute atomic E-state index is 5.47. The minimum Gasteiger partial charge on any atom is -0.326 e. The summed E-state index contributed by atoms with van der Waals surface area (Å²) in [4.78, 5) is 0. The van der Waals surface area contributed by atoms with Crippen LogP contribution in [0.2, 0.25) is 0 Å². The number of pyridine rings is 1. The molecular formula is C8H11Cl2N3. The Bertz CT molecular complexity index is 372. The van der Waals surface area contributed by atoms with Gasteiger partial charge in [-0.1, -0.05) is 6.07 Å². The van der Waals surface area contributed by atoms with Crippen molar-refractivity contribution in [2.75, 3.05) is 0 Å². The summed E-state index contributed by atoms with van der Waals surface area (Å²) in [5.74, 6) is 0. The van der Waals surface area contributed by atoms with Crippen LogP contribution in [0.1, 0.15) is 5.56 Å². The molecule has 0 amide bonds. The maximum Gasteiger partial charge on any atom is 0.0661 e. The summed E-state index contributed by atoms with van der Waals surface area (Å²) in [6.45, 7) is 0.565. The highest BCUT2D eigenvalue weighted by Gasteiger charge is 1.92. The van der Waals surface area contributed by atoms with E-state index in [1.165, 1.54) is 0 Å². The van der Waals surface area contributed by atoms with E-state index < -0.39 is 0 Å². The largest absolute Gasteiger partial charge is 0.326 e. The molecule has 72 valence electrons. The van der Waals surface area contributed by atoms with Crippen molar-refractivity contribution in [1.29, 1.82) is 0 Å². The number of halogens is 2. The topological polar surface area (TPSA) is 43.3 Å². The molecule has 3 nitrogen and oxygen atoms in total. The molecular weight excluding hydrogens is 209 g/mol. The molecule has 0 unspecified atom stereocenters. The minimum absolute atomic E-state index is 0. The molecule has 2 aromatic rings. The van der Waals surface area contributed by atoms with Crippen LogP contribution in [0.3, 0.4) is 0 Å². The Balaban J connectivity index is 0.000000720. The predicted octanol–water partition coefficient (Wildman–Crippen LogP) is 1.64. The summed E-state index contributed by atoms with van der Waals surface area (Å²) in [7, 11) is 0. The Morgan fingerprint density at radius 3 is 2.69 bits per heavy atom. The zero-order valence-electron chi connectivity index (χ0n) is 6.88. The molecule has 0 saturated heterocycles. The van der Waals surface area contributed by atoms with Crippen LogP contribution in [-0.4, -0.2) is 9.61 Å². The molecule has 0 aromatic carbocycles. The summed E-state index contributed by atoms with van der Waals surface area (Å²) >= 11 is 0. The van der Waals surface area contributed by atoms with Crippen molar-refractivity contribution in [3.05, 3.63) is 36.2 Å². The summed E-state index contributed by atoms with van der Waals surface area (Å²) in [5.41, 5.74) is 7.67. The number of aromatic nitrogens is 2. The van der Waals surface area contributed by atoms with Gasteiger partial charge in [0, 0.05) is 18.9 Å². The van der Waals surface area contributed by atoms with E-state index in [1.807, 2.05) is 28.9 Å². The van der Waals surface area contributed by atoms with Gasteiger partial charge >= 0.3 is 0 Å². The fraction of sp³-hybridized carbons (Fsp3) is 0.125. The van der Waals surface area contributed by atoms with Gasteiger partial charge in [0.25, 0.3) is 0 Å². The van der Waals surface area contributed by atoms with Gasteiger partial charge in [-0.05, 0) is 17.7 Å². The minimum atomic E-state index is 0. The zero-order valence-corrected chi connectivity index (χ0v) is 8.52. The average molecular weight is 220 g/mol. The van der Waals surface area contributed by atoms with Crippen molar-refractivity contribution in [3.63, 3.8) is 0 Å². The Labute approximate surface area is 88.7 Å². The van der Waals surface area contributed by atoms with E-state index in [9.17, 15) is 0 Å². The van der Waals surface area contributed by atoms with Crippen LogP contribution in [0.4, 0.5) is 0 Å². The number of hydrogen-bond donors (Lipinski definition) is 1. The second-order valence-electron chi connectivity index (χ2n) is 2.44. The van der Waals surface area contributed by atoms with Crippen LogP contribution in [0, 0.1) is 0 Å². The lowest BCUT2D eigenvalue weighted by molar-refractivity contribution is 0.927. The van der Waals surface area contributed by atoms with Crippen molar-refractivity contribution >= 4 is 30.3 Å². The number of fused-ring (bicyclic) bond motifs is 1. The van der Waals surface area contributed by atoms with Crippen LogP contribution in [0.5, 0.6) is 0 Å². The summed E-state index contributed by atoms with van der Waals surface area (Å²) in [5, 5.41) is 4.09. The molecule has 0 radical (unpaired) electrons. The molecule has 0 aliphatic heterocycles. The Kier molecular flexibility index (Phi) is 4.77. The first-order valence-corrected chi connectivity index (χ1v) is 3.52. The fourth-order valence-corrected chi connectivity index (χ4v) is 1.08. The van der Waals surface area contributed by atoms with Gasteiger partial charge in [-0.2, -0.15) is 5.10 Å². The molecule has 0 atom stereocenters. The molecule has 0 aliphatic carbocycles. The first-order chi connectivity index (χ1) is 5.40.